The molecule has 0 atom stereocenters. The van der Waals surface area contributed by atoms with E-state index in [2.05, 4.69) is 10.6 Å². The molecule has 2 N–H and O–H groups in total. The number of likely N-dealkylation sites (tertiary alicyclic amines) is 1. The van der Waals surface area contributed by atoms with E-state index in [0.717, 1.165) is 32.4 Å². The highest BCUT2D eigenvalue weighted by molar-refractivity contribution is 5.79. The summed E-state index contributed by atoms with van der Waals surface area (Å²) in [4.78, 5) is 26.0. The fourth-order valence-electron chi connectivity index (χ4n) is 4.24. The van der Waals surface area contributed by atoms with E-state index in [1.807, 2.05) is 4.90 Å². The van der Waals surface area contributed by atoms with Crippen molar-refractivity contribution in [1.82, 2.24) is 15.5 Å². The van der Waals surface area contributed by atoms with Crippen LogP contribution in [0, 0.1) is 11.3 Å². The van der Waals surface area contributed by atoms with Crippen molar-refractivity contribution in [2.75, 3.05) is 26.2 Å². The first-order chi connectivity index (χ1) is 11.2. The van der Waals surface area contributed by atoms with Crippen LogP contribution in [0.15, 0.2) is 0 Å². The number of amides is 3. The lowest BCUT2D eigenvalue weighted by Gasteiger charge is -2.33. The minimum atomic E-state index is 0.0813. The molecule has 5 heteroatoms. The molecule has 0 radical (unpaired) electrons. The molecule has 0 aromatic heterocycles. The molecule has 0 aromatic carbocycles. The molecule has 5 nitrogen and oxygen atoms in total. The van der Waals surface area contributed by atoms with Gasteiger partial charge >= 0.3 is 6.03 Å². The molecule has 3 amide bonds. The standard InChI is InChI=1S/C18H31N3O2/c22-16(15-6-4-7-15)19-11-5-12-20-17(23)21-13-10-18(14-21)8-2-1-3-9-18/h15H,1-14H2,(H,19,22)(H,20,23). The predicted octanol–water partition coefficient (Wildman–Crippen LogP) is 2.66. The summed E-state index contributed by atoms with van der Waals surface area (Å²) in [6, 6.07) is 0.0813. The smallest absolute Gasteiger partial charge is 0.317 e. The summed E-state index contributed by atoms with van der Waals surface area (Å²) in [5, 5.41) is 5.98. The number of nitrogens with zero attached hydrogens (tertiary/aromatic N) is 1. The minimum absolute atomic E-state index is 0.0813. The zero-order chi connectivity index (χ0) is 16.1. The summed E-state index contributed by atoms with van der Waals surface area (Å²) >= 11 is 0. The van der Waals surface area contributed by atoms with Gasteiger partial charge in [-0.15, -0.1) is 0 Å². The molecule has 1 heterocycles. The van der Waals surface area contributed by atoms with E-state index >= 15 is 0 Å². The van der Waals surface area contributed by atoms with Gasteiger partial charge in [-0.05, 0) is 43.9 Å². The van der Waals surface area contributed by atoms with Crippen LogP contribution in [0.5, 0.6) is 0 Å². The monoisotopic (exact) mass is 321 g/mol. The molecule has 0 bridgehead atoms. The van der Waals surface area contributed by atoms with Crippen molar-refractivity contribution in [3.63, 3.8) is 0 Å². The minimum Gasteiger partial charge on any atom is -0.356 e. The number of carbonyl (C=O) groups excluding carboxylic acids is 2. The maximum absolute atomic E-state index is 12.3. The van der Waals surface area contributed by atoms with E-state index in [0.29, 0.717) is 18.5 Å². The number of nitrogens with one attached hydrogen (secondary N) is 2. The van der Waals surface area contributed by atoms with Gasteiger partial charge in [-0.2, -0.15) is 0 Å². The SMILES string of the molecule is O=C(NCCCNC(=O)N1CCC2(CCCCC2)C1)C1CCC1. The maximum atomic E-state index is 12.3. The third-order valence-corrected chi connectivity index (χ3v) is 6.04. The van der Waals surface area contributed by atoms with Crippen molar-refractivity contribution in [1.29, 1.82) is 0 Å². The van der Waals surface area contributed by atoms with Gasteiger partial charge in [-0.1, -0.05) is 25.7 Å². The van der Waals surface area contributed by atoms with Gasteiger partial charge in [0.15, 0.2) is 0 Å². The van der Waals surface area contributed by atoms with E-state index in [4.69, 9.17) is 0 Å². The Labute approximate surface area is 139 Å². The van der Waals surface area contributed by atoms with Crippen LogP contribution < -0.4 is 10.6 Å². The van der Waals surface area contributed by atoms with Crippen molar-refractivity contribution >= 4 is 11.9 Å². The summed E-state index contributed by atoms with van der Waals surface area (Å²) < 4.78 is 0. The van der Waals surface area contributed by atoms with Gasteiger partial charge < -0.3 is 15.5 Å². The summed E-state index contributed by atoms with van der Waals surface area (Å²) in [6.07, 6.45) is 11.9. The summed E-state index contributed by atoms with van der Waals surface area (Å²) in [6.45, 7) is 3.16. The highest BCUT2D eigenvalue weighted by Gasteiger charge is 2.40. The number of hydrogen-bond acceptors (Lipinski definition) is 2. The normalized spacial score (nSPS) is 23.6. The number of rotatable bonds is 5. The fraction of sp³-hybridized carbons (Fsp3) is 0.889. The molecule has 3 fully saturated rings. The molecule has 2 saturated carbocycles. The molecule has 23 heavy (non-hydrogen) atoms. The maximum Gasteiger partial charge on any atom is 0.317 e. The number of hydrogen-bond donors (Lipinski definition) is 2. The quantitative estimate of drug-likeness (QED) is 0.765. The molecule has 3 rings (SSSR count). The van der Waals surface area contributed by atoms with Gasteiger partial charge in [0.25, 0.3) is 0 Å². The lowest BCUT2D eigenvalue weighted by atomic mass is 9.73. The van der Waals surface area contributed by atoms with E-state index in [9.17, 15) is 9.59 Å². The van der Waals surface area contributed by atoms with Crippen LogP contribution in [-0.2, 0) is 4.79 Å². The molecule has 130 valence electrons. The fourth-order valence-corrected chi connectivity index (χ4v) is 4.24. The summed E-state index contributed by atoms with van der Waals surface area (Å²) in [5.41, 5.74) is 0.423. The molecule has 1 spiro atoms. The summed E-state index contributed by atoms with van der Waals surface area (Å²) in [5.74, 6) is 0.447. The Bertz CT molecular complexity index is 428. The Morgan fingerprint density at radius 3 is 2.39 bits per heavy atom. The highest BCUT2D eigenvalue weighted by atomic mass is 16.2. The van der Waals surface area contributed by atoms with Crippen LogP contribution in [-0.4, -0.2) is 43.0 Å². The van der Waals surface area contributed by atoms with Crippen LogP contribution in [0.25, 0.3) is 0 Å². The van der Waals surface area contributed by atoms with Gasteiger partial charge in [0.2, 0.25) is 5.91 Å². The zero-order valence-electron chi connectivity index (χ0n) is 14.2. The van der Waals surface area contributed by atoms with E-state index in [1.54, 1.807) is 0 Å². The van der Waals surface area contributed by atoms with Crippen LogP contribution in [0.3, 0.4) is 0 Å². The second-order valence-corrected chi connectivity index (χ2v) is 7.74. The number of carbonyl (C=O) groups is 2. The molecule has 3 aliphatic rings. The topological polar surface area (TPSA) is 61.4 Å². The van der Waals surface area contributed by atoms with Crippen LogP contribution in [0.1, 0.15) is 64.2 Å². The van der Waals surface area contributed by atoms with Crippen LogP contribution in [0.4, 0.5) is 4.79 Å². The number of urea groups is 1. The first kappa shape index (κ1) is 16.6. The molecule has 1 aliphatic heterocycles. The molecule has 2 aliphatic carbocycles. The van der Waals surface area contributed by atoms with E-state index in [-0.39, 0.29) is 17.9 Å². The Balaban J connectivity index is 1.28. The first-order valence-corrected chi connectivity index (χ1v) is 9.49. The van der Waals surface area contributed by atoms with Crippen molar-refractivity contribution < 1.29 is 9.59 Å². The lowest BCUT2D eigenvalue weighted by molar-refractivity contribution is -0.127. The largest absolute Gasteiger partial charge is 0.356 e. The highest BCUT2D eigenvalue weighted by Crippen LogP contribution is 2.43. The van der Waals surface area contributed by atoms with E-state index in [1.165, 1.54) is 44.9 Å². The summed E-state index contributed by atoms with van der Waals surface area (Å²) in [7, 11) is 0. The average molecular weight is 321 g/mol. The second-order valence-electron chi connectivity index (χ2n) is 7.74. The third kappa shape index (κ3) is 4.18. The Kier molecular flexibility index (Phi) is 5.44. The third-order valence-electron chi connectivity index (χ3n) is 6.04. The van der Waals surface area contributed by atoms with Crippen LogP contribution >= 0.6 is 0 Å². The molecular formula is C18H31N3O2. The molecular weight excluding hydrogens is 290 g/mol. The average Bonchev–Trinajstić information content (AvgIpc) is 2.89. The van der Waals surface area contributed by atoms with Gasteiger partial charge in [-0.3, -0.25) is 4.79 Å². The van der Waals surface area contributed by atoms with Gasteiger partial charge in [0.05, 0.1) is 0 Å². The van der Waals surface area contributed by atoms with E-state index < -0.39 is 0 Å². The molecule has 0 unspecified atom stereocenters. The van der Waals surface area contributed by atoms with Crippen molar-refractivity contribution in [2.24, 2.45) is 11.3 Å². The zero-order valence-corrected chi connectivity index (χ0v) is 14.2. The van der Waals surface area contributed by atoms with Crippen molar-refractivity contribution in [2.45, 2.75) is 64.2 Å². The van der Waals surface area contributed by atoms with Crippen molar-refractivity contribution in [3.05, 3.63) is 0 Å². The van der Waals surface area contributed by atoms with Gasteiger partial charge in [0.1, 0.15) is 0 Å². The second kappa shape index (κ2) is 7.54. The first-order valence-electron chi connectivity index (χ1n) is 9.49. The molecule has 0 aromatic rings. The van der Waals surface area contributed by atoms with Crippen LogP contribution in [0.2, 0.25) is 0 Å². The van der Waals surface area contributed by atoms with Crippen molar-refractivity contribution in [3.8, 4) is 0 Å². The Hall–Kier alpha value is -1.26. The van der Waals surface area contributed by atoms with Gasteiger partial charge in [0, 0.05) is 32.1 Å². The predicted molar refractivity (Wildman–Crippen MR) is 90.1 cm³/mol. The van der Waals surface area contributed by atoms with Gasteiger partial charge in [-0.25, -0.2) is 4.79 Å². The Morgan fingerprint density at radius 1 is 0.957 bits per heavy atom. The lowest BCUT2D eigenvalue weighted by Crippen LogP contribution is -2.41. The Morgan fingerprint density at radius 2 is 1.70 bits per heavy atom. The molecule has 1 saturated heterocycles.